The van der Waals surface area contributed by atoms with Crippen LogP contribution in [0.3, 0.4) is 0 Å². The van der Waals surface area contributed by atoms with Gasteiger partial charge in [0.2, 0.25) is 0 Å². The maximum absolute atomic E-state index is 5.39. The monoisotopic (exact) mass is 363 g/mol. The molecule has 5 heteroatoms. The summed E-state index contributed by atoms with van der Waals surface area (Å²) < 4.78 is 7.37. The van der Waals surface area contributed by atoms with E-state index in [1.807, 2.05) is 12.1 Å². The van der Waals surface area contributed by atoms with Gasteiger partial charge in [0.1, 0.15) is 5.76 Å². The third kappa shape index (κ3) is 3.73. The van der Waals surface area contributed by atoms with Crippen LogP contribution in [-0.2, 0) is 13.0 Å². The maximum atomic E-state index is 5.39. The summed E-state index contributed by atoms with van der Waals surface area (Å²) in [6, 6.07) is 8.12. The number of rotatable bonds is 5. The average molecular weight is 365 g/mol. The summed E-state index contributed by atoms with van der Waals surface area (Å²) in [5.41, 5.74) is 0. The van der Waals surface area contributed by atoms with Crippen LogP contribution < -0.4 is 5.32 Å². The zero-order valence-electron chi connectivity index (χ0n) is 8.50. The molecule has 0 saturated heterocycles. The fraction of sp³-hybridized carbons (Fsp3) is 0.273. The van der Waals surface area contributed by atoms with Crippen molar-refractivity contribution in [1.29, 1.82) is 0 Å². The van der Waals surface area contributed by atoms with Crippen LogP contribution in [0.4, 0.5) is 0 Å². The van der Waals surface area contributed by atoms with E-state index >= 15 is 0 Å². The van der Waals surface area contributed by atoms with Crippen LogP contribution in [0.5, 0.6) is 0 Å². The molecule has 86 valence electrons. The Morgan fingerprint density at radius 3 is 2.69 bits per heavy atom. The van der Waals surface area contributed by atoms with Crippen molar-refractivity contribution in [2.45, 2.75) is 13.0 Å². The SMILES string of the molecule is Brc1ccc(CNCCc2ccc(Br)s2)o1. The molecule has 0 spiro atoms. The van der Waals surface area contributed by atoms with Crippen LogP contribution in [0.25, 0.3) is 0 Å². The lowest BCUT2D eigenvalue weighted by Crippen LogP contribution is -2.15. The predicted molar refractivity (Wildman–Crippen MR) is 73.8 cm³/mol. The zero-order valence-corrected chi connectivity index (χ0v) is 12.5. The molecule has 2 aromatic heterocycles. The van der Waals surface area contributed by atoms with Gasteiger partial charge in [0.05, 0.1) is 10.3 Å². The third-order valence-electron chi connectivity index (χ3n) is 2.11. The molecule has 2 aromatic rings. The van der Waals surface area contributed by atoms with Crippen molar-refractivity contribution in [3.63, 3.8) is 0 Å². The number of nitrogens with one attached hydrogen (secondary N) is 1. The molecule has 2 rings (SSSR count). The standard InChI is InChI=1S/C11H11Br2NOS/c12-10-3-1-8(15-10)7-14-6-5-9-2-4-11(13)16-9/h1-4,14H,5-7H2. The lowest BCUT2D eigenvalue weighted by molar-refractivity contribution is 0.466. The van der Waals surface area contributed by atoms with Gasteiger partial charge >= 0.3 is 0 Å². The molecule has 0 bridgehead atoms. The van der Waals surface area contributed by atoms with Gasteiger partial charge in [0.15, 0.2) is 4.67 Å². The second-order valence-corrected chi connectivity index (χ2v) is 6.67. The molecular formula is C11H11Br2NOS. The first-order valence-corrected chi connectivity index (χ1v) is 7.33. The summed E-state index contributed by atoms with van der Waals surface area (Å²) in [7, 11) is 0. The summed E-state index contributed by atoms with van der Waals surface area (Å²) in [5, 5.41) is 3.35. The predicted octanol–water partition coefficient (Wildman–Crippen LogP) is 4.20. The Bertz CT molecular complexity index is 410. The molecule has 16 heavy (non-hydrogen) atoms. The average Bonchev–Trinajstić information content (AvgIpc) is 2.83. The Balaban J connectivity index is 1.69. The highest BCUT2D eigenvalue weighted by Gasteiger charge is 2.00. The third-order valence-corrected chi connectivity index (χ3v) is 4.21. The van der Waals surface area contributed by atoms with Crippen molar-refractivity contribution < 1.29 is 4.42 Å². The van der Waals surface area contributed by atoms with E-state index in [1.165, 1.54) is 8.66 Å². The van der Waals surface area contributed by atoms with E-state index in [0.717, 1.165) is 29.9 Å². The number of thiophene rings is 1. The molecule has 0 saturated carbocycles. The number of furan rings is 1. The van der Waals surface area contributed by atoms with Crippen molar-refractivity contribution in [3.05, 3.63) is 43.4 Å². The molecular weight excluding hydrogens is 354 g/mol. The smallest absolute Gasteiger partial charge is 0.169 e. The normalized spacial score (nSPS) is 10.9. The Morgan fingerprint density at radius 1 is 1.19 bits per heavy atom. The molecule has 0 fully saturated rings. The highest BCUT2D eigenvalue weighted by Crippen LogP contribution is 2.22. The van der Waals surface area contributed by atoms with E-state index in [1.54, 1.807) is 11.3 Å². The van der Waals surface area contributed by atoms with Gasteiger partial charge in [-0.05, 0) is 62.5 Å². The molecule has 0 aromatic carbocycles. The van der Waals surface area contributed by atoms with Crippen molar-refractivity contribution in [3.8, 4) is 0 Å². The highest BCUT2D eigenvalue weighted by atomic mass is 79.9. The van der Waals surface area contributed by atoms with Gasteiger partial charge in [-0.15, -0.1) is 11.3 Å². The van der Waals surface area contributed by atoms with E-state index in [2.05, 4.69) is 49.3 Å². The van der Waals surface area contributed by atoms with Crippen LogP contribution in [-0.4, -0.2) is 6.54 Å². The van der Waals surface area contributed by atoms with Crippen molar-refractivity contribution in [2.24, 2.45) is 0 Å². The van der Waals surface area contributed by atoms with Crippen molar-refractivity contribution in [1.82, 2.24) is 5.32 Å². The molecule has 0 amide bonds. The largest absolute Gasteiger partial charge is 0.453 e. The van der Waals surface area contributed by atoms with Crippen molar-refractivity contribution >= 4 is 43.2 Å². The van der Waals surface area contributed by atoms with Crippen LogP contribution in [0.2, 0.25) is 0 Å². The van der Waals surface area contributed by atoms with Crippen molar-refractivity contribution in [2.75, 3.05) is 6.54 Å². The minimum absolute atomic E-state index is 0.776. The fourth-order valence-electron chi connectivity index (χ4n) is 1.36. The Morgan fingerprint density at radius 2 is 2.06 bits per heavy atom. The summed E-state index contributed by atoms with van der Waals surface area (Å²) in [4.78, 5) is 1.39. The molecule has 0 aliphatic heterocycles. The highest BCUT2D eigenvalue weighted by molar-refractivity contribution is 9.11. The van der Waals surface area contributed by atoms with E-state index in [4.69, 9.17) is 4.42 Å². The topological polar surface area (TPSA) is 25.2 Å². The van der Waals surface area contributed by atoms with E-state index < -0.39 is 0 Å². The first-order valence-electron chi connectivity index (χ1n) is 4.93. The molecule has 0 unspecified atom stereocenters. The number of hydrogen-bond donors (Lipinski definition) is 1. The Labute approximate surface area is 115 Å². The van der Waals surface area contributed by atoms with Gasteiger partial charge in [-0.3, -0.25) is 0 Å². The van der Waals surface area contributed by atoms with Gasteiger partial charge < -0.3 is 9.73 Å². The molecule has 0 aliphatic carbocycles. The number of hydrogen-bond acceptors (Lipinski definition) is 3. The molecule has 2 heterocycles. The summed E-state index contributed by atoms with van der Waals surface area (Å²) >= 11 is 8.52. The zero-order chi connectivity index (χ0) is 11.4. The summed E-state index contributed by atoms with van der Waals surface area (Å²) in [6.07, 6.45) is 1.05. The van der Waals surface area contributed by atoms with Gasteiger partial charge in [0, 0.05) is 11.4 Å². The van der Waals surface area contributed by atoms with Gasteiger partial charge in [-0.2, -0.15) is 0 Å². The Hall–Kier alpha value is -0.100. The van der Waals surface area contributed by atoms with E-state index in [9.17, 15) is 0 Å². The van der Waals surface area contributed by atoms with E-state index in [-0.39, 0.29) is 0 Å². The number of halogens is 2. The van der Waals surface area contributed by atoms with Crippen LogP contribution >= 0.6 is 43.2 Å². The lowest BCUT2D eigenvalue weighted by atomic mass is 10.3. The van der Waals surface area contributed by atoms with Crippen LogP contribution in [0, 0.1) is 0 Å². The summed E-state index contributed by atoms with van der Waals surface area (Å²) in [6.45, 7) is 1.74. The minimum Gasteiger partial charge on any atom is -0.453 e. The second kappa shape index (κ2) is 6.00. The van der Waals surface area contributed by atoms with Crippen LogP contribution in [0.1, 0.15) is 10.6 Å². The molecule has 0 atom stereocenters. The molecule has 2 nitrogen and oxygen atoms in total. The first-order chi connectivity index (χ1) is 7.74. The summed E-state index contributed by atoms with van der Waals surface area (Å²) in [5.74, 6) is 0.958. The second-order valence-electron chi connectivity index (χ2n) is 3.34. The van der Waals surface area contributed by atoms with Crippen LogP contribution in [0.15, 0.2) is 37.1 Å². The first kappa shape index (κ1) is 12.4. The maximum Gasteiger partial charge on any atom is 0.169 e. The molecule has 0 aliphatic rings. The van der Waals surface area contributed by atoms with Gasteiger partial charge in [-0.1, -0.05) is 0 Å². The molecule has 1 N–H and O–H groups in total. The fourth-order valence-corrected chi connectivity index (χ4v) is 3.18. The van der Waals surface area contributed by atoms with Gasteiger partial charge in [-0.25, -0.2) is 0 Å². The van der Waals surface area contributed by atoms with E-state index in [0.29, 0.717) is 0 Å². The lowest BCUT2D eigenvalue weighted by Gasteiger charge is -2.00. The Kier molecular flexibility index (Phi) is 4.64. The quantitative estimate of drug-likeness (QED) is 0.804. The minimum atomic E-state index is 0.776. The van der Waals surface area contributed by atoms with Gasteiger partial charge in [0.25, 0.3) is 0 Å². The molecule has 0 radical (unpaired) electrons.